The van der Waals surface area contributed by atoms with Crippen LogP contribution in [-0.4, -0.2) is 73.2 Å². The molecule has 1 aliphatic carbocycles. The highest BCUT2D eigenvalue weighted by atomic mass is 35.5. The molecule has 0 unspecified atom stereocenters. The Balaban J connectivity index is 0.00000169. The summed E-state index contributed by atoms with van der Waals surface area (Å²) < 4.78 is 5.55. The van der Waals surface area contributed by atoms with Gasteiger partial charge in [0, 0.05) is 37.6 Å². The summed E-state index contributed by atoms with van der Waals surface area (Å²) in [6.07, 6.45) is 8.90. The van der Waals surface area contributed by atoms with Crippen LogP contribution in [0.1, 0.15) is 58.3 Å². The van der Waals surface area contributed by atoms with E-state index in [2.05, 4.69) is 22.0 Å². The molecule has 2 aliphatic heterocycles. The van der Waals surface area contributed by atoms with Gasteiger partial charge in [0.25, 0.3) is 0 Å². The van der Waals surface area contributed by atoms with Crippen LogP contribution in [0, 0.1) is 0 Å². The van der Waals surface area contributed by atoms with Crippen molar-refractivity contribution >= 4 is 30.7 Å². The first-order valence-electron chi connectivity index (χ1n) is 10.1. The first-order valence-corrected chi connectivity index (χ1v) is 10.1. The highest BCUT2D eigenvalue weighted by molar-refractivity contribution is 5.85. The number of morpholine rings is 1. The van der Waals surface area contributed by atoms with Crippen molar-refractivity contribution < 1.29 is 9.53 Å². The molecule has 7 heteroatoms. The maximum Gasteiger partial charge on any atom is 0.224 e. The number of rotatable bonds is 6. The number of carbonyl (C=O) groups is 1. The van der Waals surface area contributed by atoms with Gasteiger partial charge in [0.05, 0.1) is 13.2 Å². The van der Waals surface area contributed by atoms with Gasteiger partial charge < -0.3 is 15.0 Å². The van der Waals surface area contributed by atoms with Gasteiger partial charge in [-0.15, -0.1) is 24.8 Å². The van der Waals surface area contributed by atoms with Crippen LogP contribution < -0.4 is 5.32 Å². The maximum absolute atomic E-state index is 13.3. The lowest BCUT2D eigenvalue weighted by molar-refractivity contribution is -0.138. The monoisotopic (exact) mass is 409 g/mol. The van der Waals surface area contributed by atoms with E-state index < -0.39 is 0 Å². The number of amides is 1. The van der Waals surface area contributed by atoms with E-state index >= 15 is 0 Å². The first kappa shape index (κ1) is 24.0. The predicted octanol–water partition coefficient (Wildman–Crippen LogP) is 2.86. The molecule has 3 fully saturated rings. The van der Waals surface area contributed by atoms with E-state index in [0.717, 1.165) is 71.6 Å². The molecule has 3 rings (SSSR count). The summed E-state index contributed by atoms with van der Waals surface area (Å²) in [6.45, 7) is 8.84. The van der Waals surface area contributed by atoms with Gasteiger partial charge in [0.2, 0.25) is 5.91 Å². The zero-order chi connectivity index (χ0) is 16.8. The third-order valence-electron chi connectivity index (χ3n) is 6.23. The van der Waals surface area contributed by atoms with E-state index in [4.69, 9.17) is 4.74 Å². The molecule has 0 aromatic heterocycles. The van der Waals surface area contributed by atoms with Gasteiger partial charge in [-0.25, -0.2) is 0 Å². The molecule has 3 aliphatic rings. The average Bonchev–Trinajstić information content (AvgIpc) is 3.11. The number of ether oxygens (including phenoxy) is 1. The van der Waals surface area contributed by atoms with E-state index in [1.807, 2.05) is 0 Å². The van der Waals surface area contributed by atoms with Crippen LogP contribution in [0.15, 0.2) is 0 Å². The molecule has 0 bridgehead atoms. The second-order valence-electron chi connectivity index (χ2n) is 7.78. The number of carbonyl (C=O) groups excluding carboxylic acids is 1. The predicted molar refractivity (Wildman–Crippen MR) is 111 cm³/mol. The normalized spacial score (nSPS) is 23.7. The lowest BCUT2D eigenvalue weighted by atomic mass is 9.89. The Morgan fingerprint density at radius 1 is 1.15 bits per heavy atom. The van der Waals surface area contributed by atoms with Gasteiger partial charge in [-0.3, -0.25) is 9.69 Å². The molecule has 2 saturated heterocycles. The number of piperidine rings is 1. The molecule has 1 amide bonds. The van der Waals surface area contributed by atoms with Gasteiger partial charge in [-0.1, -0.05) is 19.8 Å². The molecule has 0 aromatic rings. The van der Waals surface area contributed by atoms with Gasteiger partial charge in [0.1, 0.15) is 0 Å². The summed E-state index contributed by atoms with van der Waals surface area (Å²) in [4.78, 5) is 18.1. The molecule has 0 atom stereocenters. The number of halogens is 2. The lowest BCUT2D eigenvalue weighted by Crippen LogP contribution is -2.55. The van der Waals surface area contributed by atoms with Crippen molar-refractivity contribution in [2.75, 3.05) is 45.9 Å². The van der Waals surface area contributed by atoms with Crippen LogP contribution in [0.2, 0.25) is 0 Å². The number of hydrogen-bond acceptors (Lipinski definition) is 4. The van der Waals surface area contributed by atoms with Crippen molar-refractivity contribution in [3.8, 4) is 0 Å². The Bertz CT molecular complexity index is 408. The van der Waals surface area contributed by atoms with Gasteiger partial charge in [-0.05, 0) is 45.2 Å². The molecule has 2 heterocycles. The standard InChI is InChI=1S/C19H35N3O2.2ClH/c1-2-11-22(17-5-9-20-10-6-17)18(23)16-19(7-3-4-8-19)21-12-14-24-15-13-21;;/h17,20H,2-16H2,1H3;2*1H. The molecule has 0 spiro atoms. The van der Waals surface area contributed by atoms with Crippen LogP contribution in [0.3, 0.4) is 0 Å². The lowest BCUT2D eigenvalue weighted by Gasteiger charge is -2.45. The molecule has 26 heavy (non-hydrogen) atoms. The average molecular weight is 410 g/mol. The minimum absolute atomic E-state index is 0. The maximum atomic E-state index is 13.3. The summed E-state index contributed by atoms with van der Waals surface area (Å²) in [6, 6.07) is 0.446. The van der Waals surface area contributed by atoms with Crippen molar-refractivity contribution in [2.45, 2.75) is 69.9 Å². The van der Waals surface area contributed by atoms with Gasteiger partial charge >= 0.3 is 0 Å². The van der Waals surface area contributed by atoms with E-state index in [9.17, 15) is 4.79 Å². The smallest absolute Gasteiger partial charge is 0.224 e. The largest absolute Gasteiger partial charge is 0.379 e. The second-order valence-corrected chi connectivity index (χ2v) is 7.78. The third kappa shape index (κ3) is 5.71. The molecule has 1 saturated carbocycles. The Hall–Kier alpha value is -0.0700. The van der Waals surface area contributed by atoms with Crippen molar-refractivity contribution in [3.05, 3.63) is 0 Å². The van der Waals surface area contributed by atoms with E-state index in [-0.39, 0.29) is 30.4 Å². The van der Waals surface area contributed by atoms with Gasteiger partial charge in [-0.2, -0.15) is 0 Å². The van der Waals surface area contributed by atoms with Gasteiger partial charge in [0.15, 0.2) is 0 Å². The molecule has 0 radical (unpaired) electrons. The first-order chi connectivity index (χ1) is 11.7. The zero-order valence-corrected chi connectivity index (χ0v) is 17.8. The number of nitrogens with one attached hydrogen (secondary N) is 1. The highest BCUT2D eigenvalue weighted by Gasteiger charge is 2.43. The van der Waals surface area contributed by atoms with E-state index in [0.29, 0.717) is 11.9 Å². The molecular weight excluding hydrogens is 373 g/mol. The Morgan fingerprint density at radius 3 is 2.35 bits per heavy atom. The molecule has 154 valence electrons. The zero-order valence-electron chi connectivity index (χ0n) is 16.2. The van der Waals surface area contributed by atoms with Crippen molar-refractivity contribution in [1.29, 1.82) is 0 Å². The van der Waals surface area contributed by atoms with Crippen molar-refractivity contribution in [1.82, 2.24) is 15.1 Å². The van der Waals surface area contributed by atoms with E-state index in [1.165, 1.54) is 25.7 Å². The second kappa shape index (κ2) is 11.7. The SMILES string of the molecule is CCCN(C(=O)CC1(N2CCOCC2)CCCC1)C1CCNCC1.Cl.Cl. The summed E-state index contributed by atoms with van der Waals surface area (Å²) in [7, 11) is 0. The summed E-state index contributed by atoms with van der Waals surface area (Å²) in [5.74, 6) is 0.400. The van der Waals surface area contributed by atoms with Crippen molar-refractivity contribution in [2.24, 2.45) is 0 Å². The third-order valence-corrected chi connectivity index (χ3v) is 6.23. The summed E-state index contributed by atoms with van der Waals surface area (Å²) in [5.41, 5.74) is 0.111. The fraction of sp³-hybridized carbons (Fsp3) is 0.947. The highest BCUT2D eigenvalue weighted by Crippen LogP contribution is 2.39. The molecule has 0 aromatic carbocycles. The fourth-order valence-corrected chi connectivity index (χ4v) is 4.93. The Labute approximate surface area is 171 Å². The van der Waals surface area contributed by atoms with E-state index in [1.54, 1.807) is 0 Å². The van der Waals surface area contributed by atoms with Crippen LogP contribution in [-0.2, 0) is 9.53 Å². The molecule has 5 nitrogen and oxygen atoms in total. The van der Waals surface area contributed by atoms with Crippen LogP contribution >= 0.6 is 24.8 Å². The Kier molecular flexibility index (Phi) is 10.8. The van der Waals surface area contributed by atoms with Crippen molar-refractivity contribution in [3.63, 3.8) is 0 Å². The molecule has 1 N–H and O–H groups in total. The summed E-state index contributed by atoms with van der Waals surface area (Å²) in [5, 5.41) is 3.42. The number of nitrogens with zero attached hydrogens (tertiary/aromatic N) is 2. The minimum Gasteiger partial charge on any atom is -0.379 e. The topological polar surface area (TPSA) is 44.8 Å². The fourth-order valence-electron chi connectivity index (χ4n) is 4.93. The Morgan fingerprint density at radius 2 is 1.77 bits per heavy atom. The molecular formula is C19H37Cl2N3O2. The minimum atomic E-state index is 0. The van der Waals surface area contributed by atoms with Crippen LogP contribution in [0.4, 0.5) is 0 Å². The quantitative estimate of drug-likeness (QED) is 0.732. The van der Waals surface area contributed by atoms with Crippen LogP contribution in [0.5, 0.6) is 0 Å². The van der Waals surface area contributed by atoms with Crippen LogP contribution in [0.25, 0.3) is 0 Å². The number of hydrogen-bond donors (Lipinski definition) is 1. The summed E-state index contributed by atoms with van der Waals surface area (Å²) >= 11 is 0.